The summed E-state index contributed by atoms with van der Waals surface area (Å²) >= 11 is 3.43. The van der Waals surface area contributed by atoms with Crippen LogP contribution in [0.15, 0.2) is 41.4 Å². The smallest absolute Gasteiger partial charge is 0.186 e. The number of aromatic nitrogens is 3. The molecule has 1 aromatic heterocycles. The average Bonchev–Trinajstić information content (AvgIpc) is 2.87. The Balaban J connectivity index is 2.50. The van der Waals surface area contributed by atoms with E-state index in [1.807, 2.05) is 51.1 Å². The molecule has 0 aliphatic heterocycles. The second-order valence-electron chi connectivity index (χ2n) is 5.50. The van der Waals surface area contributed by atoms with E-state index >= 15 is 0 Å². The van der Waals surface area contributed by atoms with Crippen molar-refractivity contribution in [3.05, 3.63) is 47.0 Å². The lowest BCUT2D eigenvalue weighted by molar-refractivity contribution is -0.120. The summed E-state index contributed by atoms with van der Waals surface area (Å²) in [6, 6.07) is 7.76. The lowest BCUT2D eigenvalue weighted by Crippen LogP contribution is -2.24. The number of rotatable bonds is 3. The molecule has 1 aromatic carbocycles. The van der Waals surface area contributed by atoms with E-state index in [0.29, 0.717) is 5.70 Å². The van der Waals surface area contributed by atoms with E-state index < -0.39 is 5.41 Å². The molecule has 5 heteroatoms. The number of halogens is 1. The molecule has 4 nitrogen and oxygen atoms in total. The Morgan fingerprint density at radius 3 is 2.65 bits per heavy atom. The summed E-state index contributed by atoms with van der Waals surface area (Å²) in [5.41, 5.74) is 0.958. The van der Waals surface area contributed by atoms with Crippen LogP contribution in [-0.2, 0) is 4.79 Å². The summed E-state index contributed by atoms with van der Waals surface area (Å²) in [7, 11) is 0. The normalized spacial score (nSPS) is 12.5. The fourth-order valence-electron chi connectivity index (χ4n) is 1.71. The third-order valence-electron chi connectivity index (χ3n) is 2.73. The molecule has 2 rings (SSSR count). The molecule has 0 radical (unpaired) electrons. The molecular formula is C15H16BrN3O. The zero-order chi connectivity index (χ0) is 14.8. The van der Waals surface area contributed by atoms with Crippen molar-refractivity contribution in [2.45, 2.75) is 20.8 Å². The molecule has 20 heavy (non-hydrogen) atoms. The molecule has 104 valence electrons. The molecule has 0 bridgehead atoms. The molecule has 0 atom stereocenters. The van der Waals surface area contributed by atoms with E-state index in [2.05, 4.69) is 26.0 Å². The summed E-state index contributed by atoms with van der Waals surface area (Å²) in [6.07, 6.45) is 4.78. The predicted octanol–water partition coefficient (Wildman–Crippen LogP) is 3.65. The number of ketones is 1. The molecular weight excluding hydrogens is 318 g/mol. The Hall–Kier alpha value is -1.75. The van der Waals surface area contributed by atoms with Crippen molar-refractivity contribution < 1.29 is 4.79 Å². The van der Waals surface area contributed by atoms with Gasteiger partial charge >= 0.3 is 0 Å². The van der Waals surface area contributed by atoms with Crippen LogP contribution in [0.5, 0.6) is 0 Å². The van der Waals surface area contributed by atoms with Crippen molar-refractivity contribution in [1.29, 1.82) is 0 Å². The quantitative estimate of drug-likeness (QED) is 0.805. The number of benzene rings is 1. The lowest BCUT2D eigenvalue weighted by Gasteiger charge is -2.18. The number of hydrogen-bond acceptors (Lipinski definition) is 3. The Kier molecular flexibility index (Phi) is 4.18. The van der Waals surface area contributed by atoms with Gasteiger partial charge in [0.2, 0.25) is 0 Å². The van der Waals surface area contributed by atoms with Crippen molar-refractivity contribution in [3.63, 3.8) is 0 Å². The molecule has 0 saturated heterocycles. The van der Waals surface area contributed by atoms with Gasteiger partial charge in [-0.05, 0) is 23.8 Å². The molecule has 0 unspecified atom stereocenters. The molecule has 0 fully saturated rings. The SMILES string of the molecule is CC(C)(C)C(=O)/C(=C\c1cccc(Br)c1)n1cncn1. The summed E-state index contributed by atoms with van der Waals surface area (Å²) in [4.78, 5) is 16.5. The number of nitrogens with zero attached hydrogens (tertiary/aromatic N) is 3. The molecule has 0 saturated carbocycles. The van der Waals surface area contributed by atoms with Gasteiger partial charge in [-0.2, -0.15) is 5.10 Å². The Labute approximate surface area is 126 Å². The molecule has 0 amide bonds. The van der Waals surface area contributed by atoms with Gasteiger partial charge < -0.3 is 0 Å². The minimum atomic E-state index is -0.482. The zero-order valence-corrected chi connectivity index (χ0v) is 13.3. The van der Waals surface area contributed by atoms with Crippen molar-refractivity contribution in [3.8, 4) is 0 Å². The van der Waals surface area contributed by atoms with Crippen molar-refractivity contribution in [2.24, 2.45) is 5.41 Å². The number of carbonyl (C=O) groups is 1. The zero-order valence-electron chi connectivity index (χ0n) is 11.7. The van der Waals surface area contributed by atoms with E-state index in [0.717, 1.165) is 10.0 Å². The lowest BCUT2D eigenvalue weighted by atomic mass is 9.88. The largest absolute Gasteiger partial charge is 0.292 e. The number of Topliss-reactive ketones (excluding diaryl/α,β-unsaturated/α-hetero) is 1. The van der Waals surface area contributed by atoms with Gasteiger partial charge in [0, 0.05) is 9.89 Å². The monoisotopic (exact) mass is 333 g/mol. The Morgan fingerprint density at radius 1 is 1.35 bits per heavy atom. The maximum Gasteiger partial charge on any atom is 0.186 e. The first-order valence-electron chi connectivity index (χ1n) is 6.25. The van der Waals surface area contributed by atoms with E-state index in [1.54, 1.807) is 0 Å². The van der Waals surface area contributed by atoms with Crippen LogP contribution in [0.25, 0.3) is 11.8 Å². The average molecular weight is 334 g/mol. The molecule has 2 aromatic rings. The first-order chi connectivity index (χ1) is 9.38. The van der Waals surface area contributed by atoms with Gasteiger partial charge in [-0.15, -0.1) is 0 Å². The second kappa shape index (κ2) is 5.71. The van der Waals surface area contributed by atoms with Crippen molar-refractivity contribution in [1.82, 2.24) is 14.8 Å². The molecule has 1 heterocycles. The summed E-state index contributed by atoms with van der Waals surface area (Å²) in [5.74, 6) is 0.0166. The van der Waals surface area contributed by atoms with Crippen LogP contribution in [0.2, 0.25) is 0 Å². The van der Waals surface area contributed by atoms with Crippen LogP contribution < -0.4 is 0 Å². The first-order valence-corrected chi connectivity index (χ1v) is 7.04. The summed E-state index contributed by atoms with van der Waals surface area (Å²) in [6.45, 7) is 5.67. The summed E-state index contributed by atoms with van der Waals surface area (Å²) in [5, 5.41) is 4.07. The number of allylic oxidation sites excluding steroid dienone is 1. The minimum Gasteiger partial charge on any atom is -0.292 e. The molecule has 0 aliphatic carbocycles. The highest BCUT2D eigenvalue weighted by atomic mass is 79.9. The highest BCUT2D eigenvalue weighted by Crippen LogP contribution is 2.24. The van der Waals surface area contributed by atoms with Gasteiger partial charge in [0.05, 0.1) is 0 Å². The molecule has 0 N–H and O–H groups in total. The highest BCUT2D eigenvalue weighted by Gasteiger charge is 2.26. The van der Waals surface area contributed by atoms with Gasteiger partial charge in [-0.3, -0.25) is 4.79 Å². The molecule has 0 spiro atoms. The highest BCUT2D eigenvalue weighted by molar-refractivity contribution is 9.10. The van der Waals surface area contributed by atoms with Crippen LogP contribution in [0, 0.1) is 5.41 Å². The van der Waals surface area contributed by atoms with Crippen LogP contribution in [0.1, 0.15) is 26.3 Å². The third kappa shape index (κ3) is 3.42. The van der Waals surface area contributed by atoms with Crippen LogP contribution in [0.3, 0.4) is 0 Å². The number of hydrogen-bond donors (Lipinski definition) is 0. The topological polar surface area (TPSA) is 47.8 Å². The van der Waals surface area contributed by atoms with Gasteiger partial charge in [-0.1, -0.05) is 48.8 Å². The van der Waals surface area contributed by atoms with Crippen LogP contribution in [-0.4, -0.2) is 20.5 Å². The second-order valence-corrected chi connectivity index (χ2v) is 6.42. The summed E-state index contributed by atoms with van der Waals surface area (Å²) < 4.78 is 2.47. The van der Waals surface area contributed by atoms with Crippen LogP contribution in [0.4, 0.5) is 0 Å². The Morgan fingerprint density at radius 2 is 2.10 bits per heavy atom. The minimum absolute atomic E-state index is 0.0166. The van der Waals surface area contributed by atoms with Gasteiger partial charge in [0.15, 0.2) is 5.78 Å². The van der Waals surface area contributed by atoms with Crippen molar-refractivity contribution in [2.75, 3.05) is 0 Å². The van der Waals surface area contributed by atoms with E-state index in [4.69, 9.17) is 0 Å². The van der Waals surface area contributed by atoms with Crippen LogP contribution >= 0.6 is 15.9 Å². The van der Waals surface area contributed by atoms with E-state index in [1.165, 1.54) is 17.3 Å². The number of carbonyl (C=O) groups excluding carboxylic acids is 1. The maximum atomic E-state index is 12.6. The van der Waals surface area contributed by atoms with Crippen molar-refractivity contribution >= 4 is 33.5 Å². The Bertz CT molecular complexity index is 639. The van der Waals surface area contributed by atoms with E-state index in [9.17, 15) is 4.79 Å². The standard InChI is InChI=1S/C15H16BrN3O/c1-15(2,3)14(20)13(19-10-17-9-18-19)8-11-5-4-6-12(16)7-11/h4-10H,1-3H3/b13-8+. The van der Waals surface area contributed by atoms with Gasteiger partial charge in [0.25, 0.3) is 0 Å². The third-order valence-corrected chi connectivity index (χ3v) is 3.22. The fourth-order valence-corrected chi connectivity index (χ4v) is 2.12. The maximum absolute atomic E-state index is 12.6. The first kappa shape index (κ1) is 14.7. The predicted molar refractivity (Wildman–Crippen MR) is 82.8 cm³/mol. The van der Waals surface area contributed by atoms with Gasteiger partial charge in [0.1, 0.15) is 18.4 Å². The molecule has 0 aliphatic rings. The van der Waals surface area contributed by atoms with E-state index in [-0.39, 0.29) is 5.78 Å². The fraction of sp³-hybridized carbons (Fsp3) is 0.267. The van der Waals surface area contributed by atoms with Gasteiger partial charge in [-0.25, -0.2) is 9.67 Å².